The van der Waals surface area contributed by atoms with Crippen LogP contribution in [0, 0.1) is 0 Å². The van der Waals surface area contributed by atoms with E-state index in [9.17, 15) is 9.59 Å². The minimum absolute atomic E-state index is 0.0170. The molecule has 0 fully saturated rings. The Morgan fingerprint density at radius 2 is 1.02 bits per heavy atom. The van der Waals surface area contributed by atoms with Crippen molar-refractivity contribution in [1.29, 1.82) is 0 Å². The van der Waals surface area contributed by atoms with Crippen molar-refractivity contribution in [2.24, 2.45) is 0 Å². The molecule has 1 aromatic heterocycles. The summed E-state index contributed by atoms with van der Waals surface area (Å²) in [5.74, 6) is 0.0451. The molecule has 2 aromatic rings. The first-order valence-corrected chi connectivity index (χ1v) is 21.1. The number of aromatic nitrogens is 3. The number of hydrogen-bond donors (Lipinski definition) is 0. The van der Waals surface area contributed by atoms with Crippen LogP contribution < -0.4 is 0 Å². The van der Waals surface area contributed by atoms with Gasteiger partial charge >= 0.3 is 5.97 Å². The summed E-state index contributed by atoms with van der Waals surface area (Å²) in [6, 6.07) is 7.60. The number of rotatable bonds is 34. The van der Waals surface area contributed by atoms with Gasteiger partial charge in [-0.1, -0.05) is 160 Å². The largest absolute Gasteiger partial charge is 0.462 e. The van der Waals surface area contributed by atoms with Crippen LogP contribution in [0.1, 0.15) is 211 Å². The SMILES string of the molecule is CCCCCCC(CCCCCCCCCCC(=O)OC(CCCCCC)CCCCCCCCCCC(=O)n1nnc2ccccc21)OC. The predicted molar refractivity (Wildman–Crippen MR) is 209 cm³/mol. The van der Waals surface area contributed by atoms with E-state index in [1.165, 1.54) is 127 Å². The molecular weight excluding hydrogens is 622 g/mol. The molecule has 0 amide bonds. The van der Waals surface area contributed by atoms with Gasteiger partial charge in [0.25, 0.3) is 0 Å². The molecule has 0 aliphatic heterocycles. The van der Waals surface area contributed by atoms with Crippen LogP contribution in [0.2, 0.25) is 0 Å². The molecule has 1 heterocycles. The average Bonchev–Trinajstić information content (AvgIpc) is 3.56. The number of hydrogen-bond acceptors (Lipinski definition) is 6. The predicted octanol–water partition coefficient (Wildman–Crippen LogP) is 12.7. The maximum Gasteiger partial charge on any atom is 0.306 e. The second-order valence-corrected chi connectivity index (χ2v) is 14.8. The highest BCUT2D eigenvalue weighted by molar-refractivity contribution is 5.88. The zero-order valence-corrected chi connectivity index (χ0v) is 32.7. The maximum absolute atomic E-state index is 12.7. The Labute approximate surface area is 306 Å². The van der Waals surface area contributed by atoms with E-state index >= 15 is 0 Å². The fourth-order valence-electron chi connectivity index (χ4n) is 7.05. The lowest BCUT2D eigenvalue weighted by atomic mass is 10.0. The highest BCUT2D eigenvalue weighted by atomic mass is 16.5. The van der Waals surface area contributed by atoms with Crippen molar-refractivity contribution >= 4 is 22.9 Å². The zero-order valence-electron chi connectivity index (χ0n) is 32.7. The van der Waals surface area contributed by atoms with Crippen LogP contribution in [-0.2, 0) is 14.3 Å². The summed E-state index contributed by atoms with van der Waals surface area (Å²) in [7, 11) is 1.87. The molecule has 2 atom stereocenters. The summed E-state index contributed by atoms with van der Waals surface area (Å²) >= 11 is 0. The molecule has 0 aliphatic carbocycles. The standard InChI is InChI=1S/C43H75N3O4/c1-4-6-8-22-30-38(49-3)31-24-18-14-11-13-17-21-27-37-43(48)50-39(32-23-9-7-5-2)33-25-19-15-10-12-16-20-26-36-42(47)46-41-35-29-28-34-40(41)44-45-46/h28-29,34-35,38-39H,4-27,30-33,36-37H2,1-3H3. The molecule has 0 saturated heterocycles. The fraction of sp³-hybridized carbons (Fsp3) is 0.814. The summed E-state index contributed by atoms with van der Waals surface area (Å²) in [5.41, 5.74) is 1.55. The number of nitrogens with zero attached hydrogens (tertiary/aromatic N) is 3. The summed E-state index contributed by atoms with van der Waals surface area (Å²) in [6.45, 7) is 4.51. The molecule has 50 heavy (non-hydrogen) atoms. The number of benzene rings is 1. The van der Waals surface area contributed by atoms with Gasteiger partial charge in [0.1, 0.15) is 11.6 Å². The fourth-order valence-corrected chi connectivity index (χ4v) is 7.05. The van der Waals surface area contributed by atoms with Gasteiger partial charge in [-0.3, -0.25) is 9.59 Å². The molecule has 0 spiro atoms. The molecule has 286 valence electrons. The van der Waals surface area contributed by atoms with Gasteiger partial charge in [0.05, 0.1) is 11.6 Å². The molecule has 0 aliphatic rings. The van der Waals surface area contributed by atoms with Crippen molar-refractivity contribution in [2.45, 2.75) is 219 Å². The molecule has 0 radical (unpaired) electrons. The summed E-state index contributed by atoms with van der Waals surface area (Å²) in [5, 5.41) is 8.12. The third kappa shape index (κ3) is 21.2. The second kappa shape index (κ2) is 30.4. The Hall–Kier alpha value is -2.28. The van der Waals surface area contributed by atoms with E-state index in [-0.39, 0.29) is 18.0 Å². The smallest absolute Gasteiger partial charge is 0.306 e. The topological polar surface area (TPSA) is 83.3 Å². The van der Waals surface area contributed by atoms with E-state index in [0.29, 0.717) is 18.9 Å². The van der Waals surface area contributed by atoms with Crippen molar-refractivity contribution in [3.8, 4) is 0 Å². The highest BCUT2D eigenvalue weighted by Crippen LogP contribution is 2.20. The van der Waals surface area contributed by atoms with Gasteiger partial charge in [0.2, 0.25) is 5.91 Å². The van der Waals surface area contributed by atoms with Crippen LogP contribution >= 0.6 is 0 Å². The van der Waals surface area contributed by atoms with E-state index in [1.807, 2.05) is 31.4 Å². The van der Waals surface area contributed by atoms with Crippen LogP contribution in [0.5, 0.6) is 0 Å². The Morgan fingerprint density at radius 1 is 0.580 bits per heavy atom. The van der Waals surface area contributed by atoms with E-state index < -0.39 is 0 Å². The molecule has 0 bridgehead atoms. The van der Waals surface area contributed by atoms with Gasteiger partial charge in [-0.2, -0.15) is 4.68 Å². The number of carbonyl (C=O) groups is 2. The van der Waals surface area contributed by atoms with Gasteiger partial charge in [-0.25, -0.2) is 0 Å². The number of carbonyl (C=O) groups excluding carboxylic acids is 2. The normalized spacial score (nSPS) is 12.8. The molecule has 7 heteroatoms. The van der Waals surface area contributed by atoms with Crippen LogP contribution in [0.25, 0.3) is 11.0 Å². The third-order valence-corrected chi connectivity index (χ3v) is 10.3. The van der Waals surface area contributed by atoms with Crippen molar-refractivity contribution in [3.63, 3.8) is 0 Å². The van der Waals surface area contributed by atoms with E-state index in [4.69, 9.17) is 9.47 Å². The summed E-state index contributed by atoms with van der Waals surface area (Å²) in [4.78, 5) is 25.2. The average molecular weight is 698 g/mol. The zero-order chi connectivity index (χ0) is 35.9. The Balaban J connectivity index is 1.46. The van der Waals surface area contributed by atoms with Crippen LogP contribution in [0.3, 0.4) is 0 Å². The van der Waals surface area contributed by atoms with Gasteiger partial charge < -0.3 is 9.47 Å². The first-order chi connectivity index (χ1) is 24.6. The van der Waals surface area contributed by atoms with Crippen molar-refractivity contribution in [3.05, 3.63) is 24.3 Å². The monoisotopic (exact) mass is 698 g/mol. The van der Waals surface area contributed by atoms with Crippen LogP contribution in [-0.4, -0.2) is 46.2 Å². The van der Waals surface area contributed by atoms with Gasteiger partial charge in [-0.15, -0.1) is 5.10 Å². The molecular formula is C43H75N3O4. The molecule has 2 unspecified atom stereocenters. The number of ether oxygens (including phenoxy) is 2. The number of unbranched alkanes of at least 4 members (excludes halogenated alkanes) is 20. The first-order valence-electron chi connectivity index (χ1n) is 21.1. The molecule has 0 saturated carbocycles. The lowest BCUT2D eigenvalue weighted by Crippen LogP contribution is -2.18. The summed E-state index contributed by atoms with van der Waals surface area (Å²) < 4.78 is 13.2. The van der Waals surface area contributed by atoms with Crippen molar-refractivity contribution in [1.82, 2.24) is 15.0 Å². The van der Waals surface area contributed by atoms with E-state index in [0.717, 1.165) is 68.8 Å². The Morgan fingerprint density at radius 3 is 1.54 bits per heavy atom. The molecule has 0 N–H and O–H groups in total. The van der Waals surface area contributed by atoms with Crippen LogP contribution in [0.4, 0.5) is 0 Å². The number of methoxy groups -OCH3 is 1. The van der Waals surface area contributed by atoms with Crippen molar-refractivity contribution < 1.29 is 19.1 Å². The van der Waals surface area contributed by atoms with Gasteiger partial charge in [-0.05, 0) is 63.5 Å². The Kier molecular flexibility index (Phi) is 26.6. The molecule has 1 aromatic carbocycles. The first kappa shape index (κ1) is 43.9. The van der Waals surface area contributed by atoms with E-state index in [2.05, 4.69) is 24.2 Å². The minimum atomic E-state index is 0.0170. The Bertz CT molecular complexity index is 1100. The van der Waals surface area contributed by atoms with E-state index in [1.54, 1.807) is 0 Å². The number of fused-ring (bicyclic) bond motifs is 1. The molecule has 7 nitrogen and oxygen atoms in total. The third-order valence-electron chi connectivity index (χ3n) is 10.3. The summed E-state index contributed by atoms with van der Waals surface area (Å²) in [6.07, 6.45) is 35.2. The maximum atomic E-state index is 12.7. The number of para-hydroxylation sites is 1. The second-order valence-electron chi connectivity index (χ2n) is 14.8. The van der Waals surface area contributed by atoms with Gasteiger partial charge in [0, 0.05) is 20.0 Å². The van der Waals surface area contributed by atoms with Crippen molar-refractivity contribution in [2.75, 3.05) is 7.11 Å². The van der Waals surface area contributed by atoms with Crippen LogP contribution in [0.15, 0.2) is 24.3 Å². The quantitative estimate of drug-likeness (QED) is 0.0534. The lowest BCUT2D eigenvalue weighted by Gasteiger charge is -2.18. The van der Waals surface area contributed by atoms with Gasteiger partial charge in [0.15, 0.2) is 0 Å². The number of esters is 1. The highest BCUT2D eigenvalue weighted by Gasteiger charge is 2.15. The minimum Gasteiger partial charge on any atom is -0.462 e. The molecule has 2 rings (SSSR count). The lowest BCUT2D eigenvalue weighted by molar-refractivity contribution is -0.150.